The summed E-state index contributed by atoms with van der Waals surface area (Å²) in [4.78, 5) is 28.8. The molecule has 0 unspecified atom stereocenters. The number of ether oxygens (including phenoxy) is 1. The van der Waals surface area contributed by atoms with Crippen LogP contribution in [-0.2, 0) is 7.05 Å². The lowest BCUT2D eigenvalue weighted by atomic mass is 10.2. The third kappa shape index (κ3) is 4.49. The highest BCUT2D eigenvalue weighted by Crippen LogP contribution is 2.28. The molecule has 2 heterocycles. The summed E-state index contributed by atoms with van der Waals surface area (Å²) in [6.07, 6.45) is 1.64. The van der Waals surface area contributed by atoms with Crippen molar-refractivity contribution in [3.63, 3.8) is 0 Å². The van der Waals surface area contributed by atoms with E-state index in [9.17, 15) is 9.59 Å². The van der Waals surface area contributed by atoms with Crippen LogP contribution in [0.5, 0.6) is 5.75 Å². The van der Waals surface area contributed by atoms with Gasteiger partial charge in [-0.15, -0.1) is 0 Å². The molecule has 1 aromatic carbocycles. The van der Waals surface area contributed by atoms with E-state index in [2.05, 4.69) is 21.2 Å². The second kappa shape index (κ2) is 8.73. The maximum absolute atomic E-state index is 12.2. The minimum Gasteiger partial charge on any atom is -0.495 e. The van der Waals surface area contributed by atoms with Gasteiger partial charge in [-0.05, 0) is 24.3 Å². The van der Waals surface area contributed by atoms with Gasteiger partial charge in [-0.2, -0.15) is 0 Å². The van der Waals surface area contributed by atoms with Crippen LogP contribution in [0, 0.1) is 0 Å². The molecule has 0 spiro atoms. The van der Waals surface area contributed by atoms with E-state index in [0.717, 1.165) is 44.2 Å². The number of hydrogen-bond acceptors (Lipinski definition) is 5. The molecule has 27 heavy (non-hydrogen) atoms. The number of anilines is 1. The Labute approximate surface area is 159 Å². The molecule has 1 aliphatic rings. The average molecular weight is 370 g/mol. The number of carbonyl (C=O) groups is 1. The summed E-state index contributed by atoms with van der Waals surface area (Å²) in [5.74, 6) is 0.575. The first-order valence-electron chi connectivity index (χ1n) is 9.14. The van der Waals surface area contributed by atoms with Crippen molar-refractivity contribution in [3.8, 4) is 5.75 Å². The highest BCUT2D eigenvalue weighted by Gasteiger charge is 2.19. The Hall–Kier alpha value is -2.80. The third-order valence-electron chi connectivity index (χ3n) is 4.88. The Morgan fingerprint density at radius 1 is 1.11 bits per heavy atom. The predicted octanol–water partition coefficient (Wildman–Crippen LogP) is 0.946. The number of aromatic nitrogens is 1. The summed E-state index contributed by atoms with van der Waals surface area (Å²) in [6.45, 7) is 4.94. The molecule has 3 rings (SSSR count). The number of aryl methyl sites for hydroxylation is 1. The number of rotatable bonds is 6. The number of carbonyl (C=O) groups excluding carboxylic acids is 1. The van der Waals surface area contributed by atoms with Gasteiger partial charge >= 0.3 is 0 Å². The first-order chi connectivity index (χ1) is 13.1. The van der Waals surface area contributed by atoms with Crippen LogP contribution in [0.4, 0.5) is 5.69 Å². The van der Waals surface area contributed by atoms with Gasteiger partial charge in [0.1, 0.15) is 11.3 Å². The van der Waals surface area contributed by atoms with Gasteiger partial charge < -0.3 is 19.5 Å². The lowest BCUT2D eigenvalue weighted by Gasteiger charge is -2.36. The Bertz CT molecular complexity index is 841. The van der Waals surface area contributed by atoms with Crippen molar-refractivity contribution in [1.82, 2.24) is 14.8 Å². The molecule has 2 aromatic rings. The number of benzene rings is 1. The van der Waals surface area contributed by atoms with Crippen molar-refractivity contribution in [2.24, 2.45) is 7.05 Å². The first-order valence-corrected chi connectivity index (χ1v) is 9.14. The van der Waals surface area contributed by atoms with Crippen molar-refractivity contribution in [1.29, 1.82) is 0 Å². The fraction of sp³-hybridized carbons (Fsp3) is 0.400. The van der Waals surface area contributed by atoms with Gasteiger partial charge in [-0.1, -0.05) is 12.1 Å². The zero-order valence-electron chi connectivity index (χ0n) is 15.9. The normalized spacial score (nSPS) is 14.8. The average Bonchev–Trinajstić information content (AvgIpc) is 2.70. The van der Waals surface area contributed by atoms with E-state index in [-0.39, 0.29) is 17.0 Å². The zero-order chi connectivity index (χ0) is 19.2. The van der Waals surface area contributed by atoms with Crippen molar-refractivity contribution in [2.75, 3.05) is 51.3 Å². The number of pyridine rings is 1. The molecular formula is C20H26N4O3. The van der Waals surface area contributed by atoms with E-state index in [4.69, 9.17) is 4.74 Å². The molecule has 1 aromatic heterocycles. The molecule has 0 aliphatic carbocycles. The number of nitrogens with zero attached hydrogens (tertiary/aromatic N) is 3. The molecule has 1 N–H and O–H groups in total. The standard InChI is InChI=1S/C20H26N4O3/c1-22-10-5-6-16(20(22)26)19(25)21-9-11-23-12-14-24(15-13-23)17-7-3-4-8-18(17)27-2/h3-8,10H,9,11-15H2,1-2H3,(H,21,25). The monoisotopic (exact) mass is 370 g/mol. The summed E-state index contributed by atoms with van der Waals surface area (Å²) in [6, 6.07) is 11.3. The molecule has 1 saturated heterocycles. The van der Waals surface area contributed by atoms with Gasteiger partial charge in [0.25, 0.3) is 11.5 Å². The van der Waals surface area contributed by atoms with Crippen LogP contribution in [0.15, 0.2) is 47.4 Å². The molecule has 7 heteroatoms. The second-order valence-electron chi connectivity index (χ2n) is 6.59. The Kier molecular flexibility index (Phi) is 6.13. The lowest BCUT2D eigenvalue weighted by molar-refractivity contribution is 0.0945. The highest BCUT2D eigenvalue weighted by molar-refractivity contribution is 5.93. The highest BCUT2D eigenvalue weighted by atomic mass is 16.5. The quantitative estimate of drug-likeness (QED) is 0.820. The topological polar surface area (TPSA) is 66.8 Å². The van der Waals surface area contributed by atoms with Crippen LogP contribution in [0.25, 0.3) is 0 Å². The van der Waals surface area contributed by atoms with E-state index in [1.54, 1.807) is 32.5 Å². The van der Waals surface area contributed by atoms with Crippen molar-refractivity contribution >= 4 is 11.6 Å². The molecular weight excluding hydrogens is 344 g/mol. The minimum atomic E-state index is -0.316. The molecule has 144 valence electrons. The summed E-state index contributed by atoms with van der Waals surface area (Å²) in [5.41, 5.74) is 1.02. The number of nitrogens with one attached hydrogen (secondary N) is 1. The Morgan fingerprint density at radius 2 is 1.85 bits per heavy atom. The summed E-state index contributed by atoms with van der Waals surface area (Å²) < 4.78 is 6.86. The van der Waals surface area contributed by atoms with Crippen molar-refractivity contribution < 1.29 is 9.53 Å². The van der Waals surface area contributed by atoms with Gasteiger partial charge in [0.2, 0.25) is 0 Å². The molecule has 1 aliphatic heterocycles. The lowest BCUT2D eigenvalue weighted by Crippen LogP contribution is -2.48. The molecule has 0 atom stereocenters. The predicted molar refractivity (Wildman–Crippen MR) is 106 cm³/mol. The van der Waals surface area contributed by atoms with E-state index in [1.165, 1.54) is 4.57 Å². The van der Waals surface area contributed by atoms with Gasteiger partial charge in [-0.25, -0.2) is 0 Å². The third-order valence-corrected chi connectivity index (χ3v) is 4.88. The molecule has 0 bridgehead atoms. The van der Waals surface area contributed by atoms with Crippen LogP contribution in [0.1, 0.15) is 10.4 Å². The Balaban J connectivity index is 1.47. The molecule has 1 fully saturated rings. The number of amides is 1. The van der Waals surface area contributed by atoms with Crippen LogP contribution in [0.3, 0.4) is 0 Å². The maximum atomic E-state index is 12.2. The molecule has 1 amide bonds. The summed E-state index contributed by atoms with van der Waals surface area (Å²) in [5, 5.41) is 2.85. The number of para-hydroxylation sites is 2. The molecule has 0 radical (unpaired) electrons. The molecule has 0 saturated carbocycles. The fourth-order valence-corrected chi connectivity index (χ4v) is 3.30. The van der Waals surface area contributed by atoms with Gasteiger partial charge in [0.15, 0.2) is 0 Å². The zero-order valence-corrected chi connectivity index (χ0v) is 15.9. The number of piperazine rings is 1. The van der Waals surface area contributed by atoms with Crippen LogP contribution < -0.4 is 20.5 Å². The second-order valence-corrected chi connectivity index (χ2v) is 6.59. The molecule has 7 nitrogen and oxygen atoms in total. The van der Waals surface area contributed by atoms with E-state index < -0.39 is 0 Å². The largest absolute Gasteiger partial charge is 0.495 e. The van der Waals surface area contributed by atoms with Crippen molar-refractivity contribution in [2.45, 2.75) is 0 Å². The van der Waals surface area contributed by atoms with Gasteiger partial charge in [0, 0.05) is 52.5 Å². The van der Waals surface area contributed by atoms with Crippen molar-refractivity contribution in [3.05, 3.63) is 58.5 Å². The number of hydrogen-bond donors (Lipinski definition) is 1. The maximum Gasteiger partial charge on any atom is 0.263 e. The van der Waals surface area contributed by atoms with E-state index in [1.807, 2.05) is 18.2 Å². The first kappa shape index (κ1) is 19.0. The van der Waals surface area contributed by atoms with Crippen LogP contribution in [-0.4, -0.2) is 61.8 Å². The Morgan fingerprint density at radius 3 is 2.59 bits per heavy atom. The summed E-state index contributed by atoms with van der Waals surface area (Å²) >= 11 is 0. The van der Waals surface area contributed by atoms with E-state index >= 15 is 0 Å². The van der Waals surface area contributed by atoms with Crippen LogP contribution >= 0.6 is 0 Å². The smallest absolute Gasteiger partial charge is 0.263 e. The van der Waals surface area contributed by atoms with E-state index in [0.29, 0.717) is 6.54 Å². The fourth-order valence-electron chi connectivity index (χ4n) is 3.30. The SMILES string of the molecule is COc1ccccc1N1CCN(CCNC(=O)c2cccn(C)c2=O)CC1. The minimum absolute atomic E-state index is 0.181. The van der Waals surface area contributed by atoms with Gasteiger partial charge in [-0.3, -0.25) is 14.5 Å². The summed E-state index contributed by atoms with van der Waals surface area (Å²) in [7, 11) is 3.33. The van der Waals surface area contributed by atoms with Crippen LogP contribution in [0.2, 0.25) is 0 Å². The van der Waals surface area contributed by atoms with Gasteiger partial charge in [0.05, 0.1) is 12.8 Å². The number of methoxy groups -OCH3 is 1.